The van der Waals surface area contributed by atoms with Crippen LogP contribution in [-0.4, -0.2) is 0 Å². The molecule has 0 nitrogen and oxygen atoms in total. The number of halogens is 4. The maximum absolute atomic E-state index is 6.02. The Bertz CT molecular complexity index is 644. The highest BCUT2D eigenvalue weighted by Crippen LogP contribution is 2.33. The molecule has 0 unspecified atom stereocenters. The van der Waals surface area contributed by atoms with Crippen molar-refractivity contribution in [2.45, 2.75) is 14.7 Å². The van der Waals surface area contributed by atoms with Gasteiger partial charge in [0.05, 0.1) is 10.9 Å². The van der Waals surface area contributed by atoms with Crippen molar-refractivity contribution in [3.05, 3.63) is 87.9 Å². The first kappa shape index (κ1) is 18.5. The topological polar surface area (TPSA) is 0 Å². The molecule has 0 N–H and O–H groups in total. The van der Waals surface area contributed by atoms with E-state index in [-0.39, 0.29) is 23.3 Å². The van der Waals surface area contributed by atoms with Crippen molar-refractivity contribution in [3.8, 4) is 0 Å². The first-order valence-electron chi connectivity index (χ1n) is 6.64. The van der Waals surface area contributed by atoms with Crippen LogP contribution < -0.4 is 12.4 Å². The summed E-state index contributed by atoms with van der Waals surface area (Å²) in [5.41, 5.74) is 0. The molecule has 0 heterocycles. The van der Waals surface area contributed by atoms with Crippen LogP contribution in [0.25, 0.3) is 0 Å². The summed E-state index contributed by atoms with van der Waals surface area (Å²) in [6.45, 7) is 0. The van der Waals surface area contributed by atoms with E-state index in [0.29, 0.717) is 0 Å². The number of rotatable bonds is 3. The standard InChI is InChI=1S/C18H12Cl3S.ClH/c19-13-1-7-16(8-2-13)22(17-9-3-14(20)4-10-17)18-11-5-15(21)6-12-18;/h1-12H;1H/q+1;/p-1. The Labute approximate surface area is 160 Å². The smallest absolute Gasteiger partial charge is 0.166 e. The van der Waals surface area contributed by atoms with E-state index in [2.05, 4.69) is 36.4 Å². The van der Waals surface area contributed by atoms with E-state index in [4.69, 9.17) is 34.8 Å². The first-order chi connectivity index (χ1) is 10.6. The Morgan fingerprint density at radius 1 is 0.435 bits per heavy atom. The zero-order valence-corrected chi connectivity index (χ0v) is 15.7. The maximum Gasteiger partial charge on any atom is 0.166 e. The molecule has 3 aromatic carbocycles. The van der Waals surface area contributed by atoms with Gasteiger partial charge in [0.25, 0.3) is 0 Å². The molecule has 0 aliphatic heterocycles. The quantitative estimate of drug-likeness (QED) is 0.586. The summed E-state index contributed by atoms with van der Waals surface area (Å²) in [6, 6.07) is 23.9. The highest BCUT2D eigenvalue weighted by Gasteiger charge is 2.28. The molecule has 0 aromatic heterocycles. The molecule has 3 aromatic rings. The van der Waals surface area contributed by atoms with Gasteiger partial charge in [0.1, 0.15) is 0 Å². The lowest BCUT2D eigenvalue weighted by Crippen LogP contribution is -3.00. The molecule has 0 fully saturated rings. The fraction of sp³-hybridized carbons (Fsp3) is 0. The second kappa shape index (κ2) is 8.32. The van der Waals surface area contributed by atoms with Crippen molar-refractivity contribution in [2.24, 2.45) is 0 Å². The minimum Gasteiger partial charge on any atom is -1.00 e. The fourth-order valence-electron chi connectivity index (χ4n) is 2.12. The predicted molar refractivity (Wildman–Crippen MR) is 96.5 cm³/mol. The SMILES string of the molecule is Clc1ccc([S+](c2ccc(Cl)cc2)c2ccc(Cl)cc2)cc1.[Cl-]. The van der Waals surface area contributed by atoms with Crippen LogP contribution in [0.3, 0.4) is 0 Å². The van der Waals surface area contributed by atoms with Crippen LogP contribution in [0.4, 0.5) is 0 Å². The van der Waals surface area contributed by atoms with Gasteiger partial charge in [-0.2, -0.15) is 0 Å². The van der Waals surface area contributed by atoms with Crippen molar-refractivity contribution >= 4 is 45.7 Å². The van der Waals surface area contributed by atoms with Gasteiger partial charge in [0.2, 0.25) is 0 Å². The van der Waals surface area contributed by atoms with Crippen molar-refractivity contribution in [2.75, 3.05) is 0 Å². The molecule has 23 heavy (non-hydrogen) atoms. The van der Waals surface area contributed by atoms with E-state index in [1.54, 1.807) is 0 Å². The summed E-state index contributed by atoms with van der Waals surface area (Å²) in [7, 11) is -0.215. The normalized spacial score (nSPS) is 10.4. The fourth-order valence-corrected chi connectivity index (χ4v) is 4.54. The zero-order valence-electron chi connectivity index (χ0n) is 11.8. The second-order valence-electron chi connectivity index (χ2n) is 4.67. The second-order valence-corrected chi connectivity index (χ2v) is 8.00. The molecule has 3 rings (SSSR count). The van der Waals surface area contributed by atoms with Gasteiger partial charge in [0.15, 0.2) is 14.7 Å². The van der Waals surface area contributed by atoms with Gasteiger partial charge in [-0.15, -0.1) is 0 Å². The monoisotopic (exact) mass is 400 g/mol. The van der Waals surface area contributed by atoms with Crippen molar-refractivity contribution in [3.63, 3.8) is 0 Å². The van der Waals surface area contributed by atoms with Gasteiger partial charge < -0.3 is 12.4 Å². The van der Waals surface area contributed by atoms with E-state index >= 15 is 0 Å². The minimum absolute atomic E-state index is 0. The number of benzene rings is 3. The van der Waals surface area contributed by atoms with Crippen LogP contribution >= 0.6 is 34.8 Å². The lowest BCUT2D eigenvalue weighted by atomic mass is 10.3. The van der Waals surface area contributed by atoms with Crippen molar-refractivity contribution < 1.29 is 12.4 Å². The van der Waals surface area contributed by atoms with Crippen molar-refractivity contribution in [1.29, 1.82) is 0 Å². The van der Waals surface area contributed by atoms with Crippen LogP contribution in [-0.2, 0) is 10.9 Å². The van der Waals surface area contributed by atoms with Crippen LogP contribution in [0.5, 0.6) is 0 Å². The van der Waals surface area contributed by atoms with Gasteiger partial charge in [-0.1, -0.05) is 34.8 Å². The first-order valence-corrected chi connectivity index (χ1v) is 9.00. The molecule has 0 aliphatic carbocycles. The Kier molecular flexibility index (Phi) is 6.70. The van der Waals surface area contributed by atoms with E-state index in [9.17, 15) is 0 Å². The lowest BCUT2D eigenvalue weighted by Gasteiger charge is -2.08. The largest absolute Gasteiger partial charge is 1.00 e. The molecule has 0 atom stereocenters. The summed E-state index contributed by atoms with van der Waals surface area (Å²) < 4.78 is 0. The summed E-state index contributed by atoms with van der Waals surface area (Å²) in [6.07, 6.45) is 0. The zero-order chi connectivity index (χ0) is 15.5. The molecule has 0 aliphatic rings. The molecule has 0 amide bonds. The van der Waals surface area contributed by atoms with Gasteiger partial charge in [-0.05, 0) is 72.8 Å². The van der Waals surface area contributed by atoms with E-state index in [1.807, 2.05) is 36.4 Å². The molecular formula is C18H12Cl4S. The van der Waals surface area contributed by atoms with Gasteiger partial charge in [0, 0.05) is 15.1 Å². The van der Waals surface area contributed by atoms with Gasteiger partial charge in [-0.3, -0.25) is 0 Å². The Hall–Kier alpha value is -0.830. The molecule has 0 radical (unpaired) electrons. The molecule has 5 heteroatoms. The minimum atomic E-state index is -0.215. The van der Waals surface area contributed by atoms with Crippen LogP contribution in [0.2, 0.25) is 15.1 Å². The number of hydrogen-bond donors (Lipinski definition) is 0. The Morgan fingerprint density at radius 3 is 0.870 bits per heavy atom. The van der Waals surface area contributed by atoms with Crippen LogP contribution in [0, 0.1) is 0 Å². The molecule has 0 spiro atoms. The predicted octanol–water partition coefficient (Wildman–Crippen LogP) is 3.75. The average molecular weight is 402 g/mol. The third-order valence-corrected chi connectivity index (χ3v) is 6.13. The molecule has 0 saturated heterocycles. The van der Waals surface area contributed by atoms with Gasteiger partial charge >= 0.3 is 0 Å². The Balaban J connectivity index is 0.00000192. The summed E-state index contributed by atoms with van der Waals surface area (Å²) in [5, 5.41) is 2.21. The van der Waals surface area contributed by atoms with E-state index in [1.165, 1.54) is 14.7 Å². The summed E-state index contributed by atoms with van der Waals surface area (Å²) in [4.78, 5) is 3.61. The molecule has 0 bridgehead atoms. The van der Waals surface area contributed by atoms with Crippen LogP contribution in [0.1, 0.15) is 0 Å². The maximum atomic E-state index is 6.02. The summed E-state index contributed by atoms with van der Waals surface area (Å²) in [5.74, 6) is 0. The molecule has 0 saturated carbocycles. The third kappa shape index (κ3) is 4.59. The van der Waals surface area contributed by atoms with Gasteiger partial charge in [-0.25, -0.2) is 0 Å². The van der Waals surface area contributed by atoms with E-state index in [0.717, 1.165) is 15.1 Å². The highest BCUT2D eigenvalue weighted by molar-refractivity contribution is 7.97. The summed E-state index contributed by atoms with van der Waals surface area (Å²) >= 11 is 18.1. The molecule has 118 valence electrons. The molecular weight excluding hydrogens is 390 g/mol. The van der Waals surface area contributed by atoms with Crippen molar-refractivity contribution in [1.82, 2.24) is 0 Å². The Morgan fingerprint density at radius 2 is 0.652 bits per heavy atom. The lowest BCUT2D eigenvalue weighted by molar-refractivity contribution is -0.00000405. The highest BCUT2D eigenvalue weighted by atomic mass is 35.5. The third-order valence-electron chi connectivity index (χ3n) is 3.15. The van der Waals surface area contributed by atoms with Crippen LogP contribution in [0.15, 0.2) is 87.5 Å². The average Bonchev–Trinajstić information content (AvgIpc) is 2.53. The number of hydrogen-bond acceptors (Lipinski definition) is 0. The van der Waals surface area contributed by atoms with E-state index < -0.39 is 0 Å².